The molecule has 0 bridgehead atoms. The van der Waals surface area contributed by atoms with E-state index < -0.39 is 0 Å². The molecule has 2 rings (SSSR count). The van der Waals surface area contributed by atoms with Crippen LogP contribution in [0, 0.1) is 19.8 Å². The Morgan fingerprint density at radius 1 is 1.35 bits per heavy atom. The van der Waals surface area contributed by atoms with E-state index in [1.165, 1.54) is 11.3 Å². The first-order chi connectivity index (χ1) is 8.49. The second kappa shape index (κ2) is 8.17. The maximum absolute atomic E-state index is 12.4. The molecule has 2 N–H and O–H groups in total. The lowest BCUT2D eigenvalue weighted by Crippen LogP contribution is -2.42. The van der Waals surface area contributed by atoms with E-state index in [-0.39, 0.29) is 36.8 Å². The van der Waals surface area contributed by atoms with Crippen molar-refractivity contribution in [3.05, 3.63) is 15.6 Å². The number of halogens is 2. The minimum Gasteiger partial charge on any atom is -0.338 e. The second-order valence-electron chi connectivity index (χ2n) is 5.14. The van der Waals surface area contributed by atoms with Crippen LogP contribution in [0.4, 0.5) is 0 Å². The molecular weight excluding hydrogens is 317 g/mol. The number of aryl methyl sites for hydroxylation is 2. The molecule has 1 fully saturated rings. The van der Waals surface area contributed by atoms with Crippen molar-refractivity contribution < 1.29 is 4.79 Å². The molecule has 0 aromatic carbocycles. The Kier molecular flexibility index (Phi) is 8.03. The van der Waals surface area contributed by atoms with Gasteiger partial charge in [-0.2, -0.15) is 0 Å². The summed E-state index contributed by atoms with van der Waals surface area (Å²) in [6.07, 6.45) is 2.03. The van der Waals surface area contributed by atoms with E-state index in [4.69, 9.17) is 5.73 Å². The number of amides is 1. The average molecular weight is 340 g/mol. The number of nitrogens with zero attached hydrogens (tertiary/aromatic N) is 2. The van der Waals surface area contributed by atoms with Crippen molar-refractivity contribution in [2.24, 2.45) is 11.7 Å². The van der Waals surface area contributed by atoms with Crippen molar-refractivity contribution in [1.29, 1.82) is 0 Å². The summed E-state index contributed by atoms with van der Waals surface area (Å²) in [5.41, 5.74) is 6.77. The van der Waals surface area contributed by atoms with Gasteiger partial charge in [0.1, 0.15) is 4.88 Å². The van der Waals surface area contributed by atoms with E-state index >= 15 is 0 Å². The van der Waals surface area contributed by atoms with Gasteiger partial charge in [0.2, 0.25) is 0 Å². The molecule has 4 nitrogen and oxygen atoms in total. The topological polar surface area (TPSA) is 59.2 Å². The molecule has 0 radical (unpaired) electrons. The highest BCUT2D eigenvalue weighted by molar-refractivity contribution is 7.13. The van der Waals surface area contributed by atoms with Crippen LogP contribution in [-0.4, -0.2) is 34.9 Å². The van der Waals surface area contributed by atoms with Crippen LogP contribution >= 0.6 is 36.2 Å². The monoisotopic (exact) mass is 339 g/mol. The zero-order valence-corrected chi connectivity index (χ0v) is 14.5. The first-order valence-electron chi connectivity index (χ1n) is 6.48. The minimum absolute atomic E-state index is 0. The molecule has 116 valence electrons. The molecule has 1 amide bonds. The van der Waals surface area contributed by atoms with E-state index in [9.17, 15) is 4.79 Å². The molecule has 1 unspecified atom stereocenters. The van der Waals surface area contributed by atoms with Crippen molar-refractivity contribution in [2.45, 2.75) is 39.7 Å². The van der Waals surface area contributed by atoms with Gasteiger partial charge < -0.3 is 10.6 Å². The SMILES string of the molecule is Cc1nc(C)c(C(=O)N2CCC(C(C)N)CC2)s1.Cl.Cl. The number of nitrogens with two attached hydrogens (primary N) is 1. The van der Waals surface area contributed by atoms with Gasteiger partial charge in [0, 0.05) is 19.1 Å². The van der Waals surface area contributed by atoms with E-state index in [0.29, 0.717) is 5.92 Å². The Bertz CT molecular complexity index is 443. The second-order valence-corrected chi connectivity index (χ2v) is 6.34. The third-order valence-corrected chi connectivity index (χ3v) is 4.73. The lowest BCUT2D eigenvalue weighted by molar-refractivity contribution is 0.0685. The van der Waals surface area contributed by atoms with Gasteiger partial charge in [-0.3, -0.25) is 4.79 Å². The number of likely N-dealkylation sites (tertiary alicyclic amines) is 1. The van der Waals surface area contributed by atoms with E-state index in [2.05, 4.69) is 11.9 Å². The van der Waals surface area contributed by atoms with Crippen molar-refractivity contribution in [2.75, 3.05) is 13.1 Å². The van der Waals surface area contributed by atoms with Gasteiger partial charge in [-0.25, -0.2) is 4.98 Å². The van der Waals surface area contributed by atoms with Gasteiger partial charge in [0.25, 0.3) is 5.91 Å². The lowest BCUT2D eigenvalue weighted by atomic mass is 9.91. The predicted octanol–water partition coefficient (Wildman–Crippen LogP) is 2.80. The van der Waals surface area contributed by atoms with Crippen LogP contribution in [0.5, 0.6) is 0 Å². The molecule has 1 aliphatic heterocycles. The molecule has 1 aromatic heterocycles. The van der Waals surface area contributed by atoms with Crippen LogP contribution in [0.3, 0.4) is 0 Å². The molecule has 7 heteroatoms. The number of piperidine rings is 1. The molecule has 2 heterocycles. The highest BCUT2D eigenvalue weighted by atomic mass is 35.5. The first kappa shape index (κ1) is 19.6. The summed E-state index contributed by atoms with van der Waals surface area (Å²) in [6.45, 7) is 7.55. The number of carbonyl (C=O) groups is 1. The zero-order valence-electron chi connectivity index (χ0n) is 12.1. The first-order valence-corrected chi connectivity index (χ1v) is 7.29. The number of hydrogen-bond acceptors (Lipinski definition) is 4. The van der Waals surface area contributed by atoms with Gasteiger partial charge in [0.05, 0.1) is 10.7 Å². The number of rotatable bonds is 2. The average Bonchev–Trinajstić information content (AvgIpc) is 2.67. The van der Waals surface area contributed by atoms with Gasteiger partial charge in [0.15, 0.2) is 0 Å². The number of hydrogen-bond donors (Lipinski definition) is 1. The van der Waals surface area contributed by atoms with Crippen LogP contribution in [0.15, 0.2) is 0 Å². The maximum atomic E-state index is 12.4. The Morgan fingerprint density at radius 3 is 2.30 bits per heavy atom. The number of carbonyl (C=O) groups excluding carboxylic acids is 1. The van der Waals surface area contributed by atoms with E-state index in [0.717, 1.165) is 41.5 Å². The zero-order chi connectivity index (χ0) is 13.3. The molecule has 1 atom stereocenters. The molecule has 0 aliphatic carbocycles. The van der Waals surface area contributed by atoms with E-state index in [1.807, 2.05) is 18.7 Å². The Morgan fingerprint density at radius 2 is 1.90 bits per heavy atom. The normalized spacial score (nSPS) is 17.1. The summed E-state index contributed by atoms with van der Waals surface area (Å²) in [6, 6.07) is 0.231. The van der Waals surface area contributed by atoms with Crippen LogP contribution < -0.4 is 5.73 Å². The van der Waals surface area contributed by atoms with Gasteiger partial charge in [-0.15, -0.1) is 36.2 Å². The number of aromatic nitrogens is 1. The Hall–Kier alpha value is -0.360. The van der Waals surface area contributed by atoms with Crippen molar-refractivity contribution in [3.63, 3.8) is 0 Å². The lowest BCUT2D eigenvalue weighted by Gasteiger charge is -2.33. The predicted molar refractivity (Wildman–Crippen MR) is 88.4 cm³/mol. The summed E-state index contributed by atoms with van der Waals surface area (Å²) in [7, 11) is 0. The standard InChI is InChI=1S/C13H21N3OS.2ClH/c1-8(14)11-4-6-16(7-5-11)13(17)12-9(2)15-10(3)18-12;;/h8,11H,4-7,14H2,1-3H3;2*1H. The fraction of sp³-hybridized carbons (Fsp3) is 0.692. The molecule has 0 spiro atoms. The largest absolute Gasteiger partial charge is 0.338 e. The Labute approximate surface area is 137 Å². The summed E-state index contributed by atoms with van der Waals surface area (Å²) in [5.74, 6) is 0.694. The quantitative estimate of drug-likeness (QED) is 0.901. The highest BCUT2D eigenvalue weighted by Gasteiger charge is 2.27. The third-order valence-electron chi connectivity index (χ3n) is 3.67. The van der Waals surface area contributed by atoms with Gasteiger partial charge in [-0.1, -0.05) is 0 Å². The minimum atomic E-state index is 0. The molecular formula is C13H23Cl2N3OS. The highest BCUT2D eigenvalue weighted by Crippen LogP contribution is 2.24. The molecule has 0 saturated carbocycles. The maximum Gasteiger partial charge on any atom is 0.265 e. The molecule has 1 aromatic rings. The van der Waals surface area contributed by atoms with E-state index in [1.54, 1.807) is 0 Å². The summed E-state index contributed by atoms with van der Waals surface area (Å²) >= 11 is 1.50. The van der Waals surface area contributed by atoms with Crippen molar-refractivity contribution in [1.82, 2.24) is 9.88 Å². The summed E-state index contributed by atoms with van der Waals surface area (Å²) in [5, 5.41) is 0.960. The summed E-state index contributed by atoms with van der Waals surface area (Å²) < 4.78 is 0. The van der Waals surface area contributed by atoms with Crippen molar-refractivity contribution in [3.8, 4) is 0 Å². The van der Waals surface area contributed by atoms with Gasteiger partial charge in [-0.05, 0) is 39.5 Å². The summed E-state index contributed by atoms with van der Waals surface area (Å²) in [4.78, 5) is 19.4. The van der Waals surface area contributed by atoms with Crippen LogP contribution in [-0.2, 0) is 0 Å². The molecule has 20 heavy (non-hydrogen) atoms. The fourth-order valence-electron chi connectivity index (χ4n) is 2.50. The van der Waals surface area contributed by atoms with Crippen LogP contribution in [0.2, 0.25) is 0 Å². The van der Waals surface area contributed by atoms with Gasteiger partial charge >= 0.3 is 0 Å². The van der Waals surface area contributed by atoms with Crippen molar-refractivity contribution >= 4 is 42.1 Å². The molecule has 1 saturated heterocycles. The number of thiazole rings is 1. The smallest absolute Gasteiger partial charge is 0.265 e. The van der Waals surface area contributed by atoms with Crippen LogP contribution in [0.1, 0.15) is 40.1 Å². The third kappa shape index (κ3) is 4.32. The fourth-order valence-corrected chi connectivity index (χ4v) is 3.39. The van der Waals surface area contributed by atoms with Crippen LogP contribution in [0.25, 0.3) is 0 Å². The molecule has 1 aliphatic rings. The Balaban J connectivity index is 0.00000180.